The molecule has 3 rings (SSSR count). The Hall–Kier alpha value is -2.21. The smallest absolute Gasteiger partial charge is 0.315 e. The molecule has 0 radical (unpaired) electrons. The molecule has 0 spiro atoms. The van der Waals surface area contributed by atoms with Crippen molar-refractivity contribution in [3.05, 3.63) is 54.4 Å². The quantitative estimate of drug-likeness (QED) is 0.783. The second-order valence-electron chi connectivity index (χ2n) is 5.69. The Kier molecular flexibility index (Phi) is 5.25. The number of carbonyl (C=O) groups is 2. The van der Waals surface area contributed by atoms with Gasteiger partial charge in [0.25, 0.3) is 5.91 Å². The van der Waals surface area contributed by atoms with Crippen LogP contribution in [0.1, 0.15) is 16.8 Å². The Balaban J connectivity index is 1.58. The Morgan fingerprint density at radius 3 is 2.58 bits per heavy atom. The number of ether oxygens (including phenoxy) is 1. The van der Waals surface area contributed by atoms with Gasteiger partial charge in [0.1, 0.15) is 0 Å². The summed E-state index contributed by atoms with van der Waals surface area (Å²) in [5.74, 6) is 0.176. The van der Waals surface area contributed by atoms with E-state index in [1.165, 1.54) is 7.11 Å². The molecule has 0 saturated carbocycles. The molecular weight excluding hydrogens is 324 g/mol. The fourth-order valence-electron chi connectivity index (χ4n) is 2.76. The highest BCUT2D eigenvalue weighted by molar-refractivity contribution is 8.00. The van der Waals surface area contributed by atoms with E-state index in [2.05, 4.69) is 4.74 Å². The van der Waals surface area contributed by atoms with Gasteiger partial charge in [0, 0.05) is 42.0 Å². The van der Waals surface area contributed by atoms with Crippen LogP contribution in [0.5, 0.6) is 0 Å². The first kappa shape index (κ1) is 16.6. The molecule has 0 unspecified atom stereocenters. The molecule has 0 N–H and O–H groups in total. The van der Waals surface area contributed by atoms with Gasteiger partial charge in [0.05, 0.1) is 12.9 Å². The molecule has 1 atom stereocenters. The Morgan fingerprint density at radius 2 is 1.92 bits per heavy atom. The molecule has 2 aromatic rings. The van der Waals surface area contributed by atoms with Gasteiger partial charge in [0.2, 0.25) is 0 Å². The van der Waals surface area contributed by atoms with E-state index in [1.807, 2.05) is 58.3 Å². The van der Waals surface area contributed by atoms with Gasteiger partial charge in [-0.05, 0) is 42.8 Å². The molecule has 0 aliphatic carbocycles. The minimum Gasteiger partial charge on any atom is -0.468 e. The van der Waals surface area contributed by atoms with Crippen LogP contribution in [-0.4, -0.2) is 52.5 Å². The zero-order chi connectivity index (χ0) is 16.9. The summed E-state index contributed by atoms with van der Waals surface area (Å²) in [6, 6.07) is 11.6. The van der Waals surface area contributed by atoms with Crippen molar-refractivity contribution in [2.24, 2.45) is 0 Å². The predicted molar refractivity (Wildman–Crippen MR) is 94.6 cm³/mol. The number of amides is 1. The first-order valence-corrected chi connectivity index (χ1v) is 8.93. The lowest BCUT2D eigenvalue weighted by Gasteiger charge is -2.16. The lowest BCUT2D eigenvalue weighted by atomic mass is 10.2. The van der Waals surface area contributed by atoms with E-state index < -0.39 is 0 Å². The lowest BCUT2D eigenvalue weighted by Crippen LogP contribution is -2.29. The average molecular weight is 344 g/mol. The van der Waals surface area contributed by atoms with E-state index in [0.29, 0.717) is 23.1 Å². The number of nitrogens with zero attached hydrogens (tertiary/aromatic N) is 2. The minimum atomic E-state index is -0.217. The number of likely N-dealkylation sites (tertiary alicyclic amines) is 1. The molecule has 1 saturated heterocycles. The standard InChI is InChI=1S/C18H20N2O3S/c1-23-17(21)13-24-16-8-11-20(12-16)18(22)14-4-6-15(7-5-14)19-9-2-3-10-19/h2-7,9-10,16H,8,11-13H2,1H3/t16-/m1/s1. The molecule has 2 heterocycles. The highest BCUT2D eigenvalue weighted by atomic mass is 32.2. The van der Waals surface area contributed by atoms with Gasteiger partial charge in [-0.2, -0.15) is 0 Å². The van der Waals surface area contributed by atoms with Crippen LogP contribution in [0.2, 0.25) is 0 Å². The summed E-state index contributed by atoms with van der Waals surface area (Å²) >= 11 is 1.56. The van der Waals surface area contributed by atoms with E-state index in [1.54, 1.807) is 11.8 Å². The summed E-state index contributed by atoms with van der Waals surface area (Å²) in [7, 11) is 1.39. The van der Waals surface area contributed by atoms with Gasteiger partial charge in [-0.3, -0.25) is 9.59 Å². The Labute approximate surface area is 145 Å². The summed E-state index contributed by atoms with van der Waals surface area (Å²) in [5, 5.41) is 0.298. The number of hydrogen-bond donors (Lipinski definition) is 0. The fraction of sp³-hybridized carbons (Fsp3) is 0.333. The minimum absolute atomic E-state index is 0.0511. The molecule has 126 valence electrons. The van der Waals surface area contributed by atoms with Crippen molar-refractivity contribution in [3.63, 3.8) is 0 Å². The second-order valence-corrected chi connectivity index (χ2v) is 6.97. The molecule has 5 nitrogen and oxygen atoms in total. The molecule has 24 heavy (non-hydrogen) atoms. The maximum Gasteiger partial charge on any atom is 0.315 e. The molecule has 1 aromatic carbocycles. The number of rotatable bonds is 5. The third kappa shape index (κ3) is 3.82. The number of hydrogen-bond acceptors (Lipinski definition) is 4. The molecule has 1 amide bonds. The van der Waals surface area contributed by atoms with E-state index in [9.17, 15) is 9.59 Å². The van der Waals surface area contributed by atoms with Crippen molar-refractivity contribution in [2.75, 3.05) is 26.0 Å². The predicted octanol–water partition coefficient (Wildman–Crippen LogP) is 2.60. The van der Waals surface area contributed by atoms with E-state index in [0.717, 1.165) is 18.7 Å². The van der Waals surface area contributed by atoms with Gasteiger partial charge in [-0.15, -0.1) is 11.8 Å². The van der Waals surface area contributed by atoms with Crippen molar-refractivity contribution in [3.8, 4) is 5.69 Å². The molecular formula is C18H20N2O3S. The largest absolute Gasteiger partial charge is 0.468 e. The number of thioether (sulfide) groups is 1. The molecule has 1 aliphatic rings. The number of aromatic nitrogens is 1. The molecule has 1 fully saturated rings. The van der Waals surface area contributed by atoms with Crippen LogP contribution in [0.15, 0.2) is 48.8 Å². The molecule has 6 heteroatoms. The van der Waals surface area contributed by atoms with Crippen molar-refractivity contribution >= 4 is 23.6 Å². The second kappa shape index (κ2) is 7.57. The summed E-state index contributed by atoms with van der Waals surface area (Å²) in [6.45, 7) is 1.41. The van der Waals surface area contributed by atoms with Gasteiger partial charge in [-0.25, -0.2) is 0 Å². The van der Waals surface area contributed by atoms with E-state index >= 15 is 0 Å². The van der Waals surface area contributed by atoms with Crippen LogP contribution in [0.25, 0.3) is 5.69 Å². The maximum atomic E-state index is 12.6. The normalized spacial score (nSPS) is 17.0. The average Bonchev–Trinajstić information content (AvgIpc) is 3.31. The van der Waals surface area contributed by atoms with Crippen LogP contribution >= 0.6 is 11.8 Å². The van der Waals surface area contributed by atoms with E-state index in [4.69, 9.17) is 0 Å². The number of methoxy groups -OCH3 is 1. The summed E-state index contributed by atoms with van der Waals surface area (Å²) in [5.41, 5.74) is 1.73. The van der Waals surface area contributed by atoms with Crippen molar-refractivity contribution in [2.45, 2.75) is 11.7 Å². The first-order chi connectivity index (χ1) is 11.7. The number of esters is 1. The monoisotopic (exact) mass is 344 g/mol. The topological polar surface area (TPSA) is 51.5 Å². The molecule has 1 aliphatic heterocycles. The van der Waals surface area contributed by atoms with Gasteiger partial charge >= 0.3 is 5.97 Å². The first-order valence-electron chi connectivity index (χ1n) is 7.88. The third-order valence-electron chi connectivity index (χ3n) is 4.11. The lowest BCUT2D eigenvalue weighted by molar-refractivity contribution is -0.137. The SMILES string of the molecule is COC(=O)CS[C@@H]1CCN(C(=O)c2ccc(-n3cccc3)cc2)C1. The van der Waals surface area contributed by atoms with Crippen molar-refractivity contribution in [1.29, 1.82) is 0 Å². The number of benzene rings is 1. The van der Waals surface area contributed by atoms with Crippen molar-refractivity contribution < 1.29 is 14.3 Å². The Bertz CT molecular complexity index is 698. The molecule has 0 bridgehead atoms. The van der Waals surface area contributed by atoms with Gasteiger partial charge in [0.15, 0.2) is 0 Å². The van der Waals surface area contributed by atoms with Crippen LogP contribution < -0.4 is 0 Å². The number of carbonyl (C=O) groups excluding carboxylic acids is 2. The highest BCUT2D eigenvalue weighted by Crippen LogP contribution is 2.24. The fourth-order valence-corrected chi connectivity index (χ4v) is 3.81. The zero-order valence-electron chi connectivity index (χ0n) is 13.6. The molecule has 1 aromatic heterocycles. The van der Waals surface area contributed by atoms with Crippen LogP contribution in [0.4, 0.5) is 0 Å². The summed E-state index contributed by atoms with van der Waals surface area (Å²) < 4.78 is 6.66. The Morgan fingerprint density at radius 1 is 1.21 bits per heavy atom. The maximum absolute atomic E-state index is 12.6. The van der Waals surface area contributed by atoms with Gasteiger partial charge in [-0.1, -0.05) is 0 Å². The van der Waals surface area contributed by atoms with E-state index in [-0.39, 0.29) is 11.9 Å². The zero-order valence-corrected chi connectivity index (χ0v) is 14.4. The van der Waals surface area contributed by atoms with Crippen LogP contribution in [0.3, 0.4) is 0 Å². The van der Waals surface area contributed by atoms with Crippen LogP contribution in [0, 0.1) is 0 Å². The highest BCUT2D eigenvalue weighted by Gasteiger charge is 2.27. The van der Waals surface area contributed by atoms with Crippen molar-refractivity contribution in [1.82, 2.24) is 9.47 Å². The third-order valence-corrected chi connectivity index (χ3v) is 5.37. The van der Waals surface area contributed by atoms with Gasteiger partial charge < -0.3 is 14.2 Å². The summed E-state index contributed by atoms with van der Waals surface area (Å²) in [6.07, 6.45) is 4.86. The van der Waals surface area contributed by atoms with Crippen LogP contribution in [-0.2, 0) is 9.53 Å². The summed E-state index contributed by atoms with van der Waals surface area (Å²) in [4.78, 5) is 25.7.